The van der Waals surface area contributed by atoms with Crippen LogP contribution in [0, 0.1) is 6.92 Å². The van der Waals surface area contributed by atoms with Crippen molar-refractivity contribution in [2.75, 3.05) is 11.9 Å². The van der Waals surface area contributed by atoms with Gasteiger partial charge in [-0.1, -0.05) is 43.1 Å². The third-order valence-corrected chi connectivity index (χ3v) is 3.77. The van der Waals surface area contributed by atoms with Crippen LogP contribution in [0.5, 0.6) is 5.75 Å². The Balaban J connectivity index is 1.92. The fourth-order valence-corrected chi connectivity index (χ4v) is 2.26. The van der Waals surface area contributed by atoms with E-state index >= 15 is 0 Å². The number of carbonyl (C=O) groups excluding carboxylic acids is 1. The van der Waals surface area contributed by atoms with Crippen LogP contribution < -0.4 is 10.1 Å². The fraction of sp³-hybridized carbons (Fsp3) is 0.250. The quantitative estimate of drug-likeness (QED) is 0.534. The summed E-state index contributed by atoms with van der Waals surface area (Å²) < 4.78 is 5.61. The van der Waals surface area contributed by atoms with E-state index in [1.807, 2.05) is 37.3 Å². The summed E-state index contributed by atoms with van der Waals surface area (Å²) in [6, 6.07) is 13.1. The number of ether oxygens (including phenoxy) is 1. The molecule has 24 heavy (non-hydrogen) atoms. The van der Waals surface area contributed by atoms with Crippen LogP contribution in [0.2, 0.25) is 5.02 Å². The van der Waals surface area contributed by atoms with Crippen LogP contribution >= 0.6 is 11.6 Å². The van der Waals surface area contributed by atoms with Gasteiger partial charge in [0.15, 0.2) is 0 Å². The summed E-state index contributed by atoms with van der Waals surface area (Å²) in [7, 11) is 0. The lowest BCUT2D eigenvalue weighted by atomic mass is 10.2. The van der Waals surface area contributed by atoms with E-state index < -0.39 is 0 Å². The van der Waals surface area contributed by atoms with E-state index in [1.165, 1.54) is 6.08 Å². The first-order valence-electron chi connectivity index (χ1n) is 8.06. The van der Waals surface area contributed by atoms with Crippen LogP contribution in [-0.4, -0.2) is 12.5 Å². The van der Waals surface area contributed by atoms with Crippen molar-refractivity contribution in [1.29, 1.82) is 0 Å². The Labute approximate surface area is 148 Å². The molecular formula is C20H22ClNO2. The summed E-state index contributed by atoms with van der Waals surface area (Å²) in [6.07, 6.45) is 5.44. The third kappa shape index (κ3) is 5.74. The third-order valence-electron chi connectivity index (χ3n) is 3.53. The van der Waals surface area contributed by atoms with Crippen molar-refractivity contribution in [2.45, 2.75) is 26.7 Å². The maximum absolute atomic E-state index is 12.0. The number of carbonyl (C=O) groups is 1. The van der Waals surface area contributed by atoms with Gasteiger partial charge in [0, 0.05) is 16.8 Å². The summed E-state index contributed by atoms with van der Waals surface area (Å²) in [4.78, 5) is 12.0. The van der Waals surface area contributed by atoms with Gasteiger partial charge in [0.2, 0.25) is 5.91 Å². The Kier molecular flexibility index (Phi) is 6.89. The number of nitrogens with one attached hydrogen (secondary N) is 1. The number of hydrogen-bond donors (Lipinski definition) is 1. The van der Waals surface area contributed by atoms with Crippen LogP contribution in [0.15, 0.2) is 48.5 Å². The van der Waals surface area contributed by atoms with Crippen molar-refractivity contribution in [3.05, 3.63) is 64.7 Å². The molecule has 0 radical (unpaired) electrons. The number of amides is 1. The first-order valence-corrected chi connectivity index (χ1v) is 8.44. The lowest BCUT2D eigenvalue weighted by molar-refractivity contribution is -0.111. The molecule has 4 heteroatoms. The van der Waals surface area contributed by atoms with Crippen LogP contribution in [0.1, 0.15) is 30.9 Å². The fourth-order valence-electron chi connectivity index (χ4n) is 2.08. The SMILES string of the molecule is CCCCOc1ccc(/C=C/C(=O)Nc2cc(Cl)ccc2C)cc1. The number of benzene rings is 2. The molecule has 0 spiro atoms. The molecule has 0 bridgehead atoms. The second kappa shape index (κ2) is 9.14. The zero-order valence-electron chi connectivity index (χ0n) is 14.0. The Morgan fingerprint density at radius 2 is 1.96 bits per heavy atom. The Morgan fingerprint density at radius 3 is 2.67 bits per heavy atom. The predicted molar refractivity (Wildman–Crippen MR) is 101 cm³/mol. The number of hydrogen-bond acceptors (Lipinski definition) is 2. The lowest BCUT2D eigenvalue weighted by Crippen LogP contribution is -2.08. The first-order chi connectivity index (χ1) is 11.6. The molecule has 2 rings (SSSR count). The van der Waals surface area contributed by atoms with E-state index in [0.717, 1.165) is 42.0 Å². The highest BCUT2D eigenvalue weighted by Gasteiger charge is 2.02. The van der Waals surface area contributed by atoms with Gasteiger partial charge in [-0.3, -0.25) is 4.79 Å². The van der Waals surface area contributed by atoms with Gasteiger partial charge >= 0.3 is 0 Å². The highest BCUT2D eigenvalue weighted by Crippen LogP contribution is 2.20. The average molecular weight is 344 g/mol. The normalized spacial score (nSPS) is 10.8. The summed E-state index contributed by atoms with van der Waals surface area (Å²) >= 11 is 5.95. The molecule has 1 N–H and O–H groups in total. The van der Waals surface area contributed by atoms with E-state index in [9.17, 15) is 4.79 Å². The highest BCUT2D eigenvalue weighted by atomic mass is 35.5. The molecular weight excluding hydrogens is 322 g/mol. The molecule has 3 nitrogen and oxygen atoms in total. The molecule has 0 saturated carbocycles. The molecule has 0 aliphatic rings. The molecule has 2 aromatic carbocycles. The van der Waals surface area contributed by atoms with Crippen LogP contribution in [-0.2, 0) is 4.79 Å². The molecule has 0 aliphatic heterocycles. The number of aryl methyl sites for hydroxylation is 1. The monoisotopic (exact) mass is 343 g/mol. The van der Waals surface area contributed by atoms with Gasteiger partial charge < -0.3 is 10.1 Å². The highest BCUT2D eigenvalue weighted by molar-refractivity contribution is 6.31. The van der Waals surface area contributed by atoms with Crippen molar-refractivity contribution in [1.82, 2.24) is 0 Å². The second-order valence-corrected chi connectivity index (χ2v) is 5.99. The van der Waals surface area contributed by atoms with Gasteiger partial charge in [-0.05, 0) is 54.8 Å². The molecule has 126 valence electrons. The Bertz CT molecular complexity index is 708. The number of unbranched alkanes of at least 4 members (excludes halogenated alkanes) is 1. The molecule has 1 amide bonds. The van der Waals surface area contributed by atoms with E-state index in [-0.39, 0.29) is 5.91 Å². The standard InChI is InChI=1S/C20H22ClNO2/c1-3-4-13-24-18-10-6-16(7-11-18)8-12-20(23)22-19-14-17(21)9-5-15(19)2/h5-12,14H,3-4,13H2,1-2H3,(H,22,23)/b12-8+. The maximum Gasteiger partial charge on any atom is 0.248 e. The maximum atomic E-state index is 12.0. The summed E-state index contributed by atoms with van der Waals surface area (Å²) in [5, 5.41) is 3.43. The van der Waals surface area contributed by atoms with E-state index in [1.54, 1.807) is 18.2 Å². The average Bonchev–Trinajstić information content (AvgIpc) is 2.58. The predicted octanol–water partition coefficient (Wildman–Crippen LogP) is 5.48. The largest absolute Gasteiger partial charge is 0.494 e. The minimum absolute atomic E-state index is 0.191. The Hall–Kier alpha value is -2.26. The zero-order valence-corrected chi connectivity index (χ0v) is 14.8. The molecule has 0 unspecified atom stereocenters. The van der Waals surface area contributed by atoms with Crippen molar-refractivity contribution >= 4 is 29.3 Å². The first kappa shape index (κ1) is 18.1. The molecule has 0 aromatic heterocycles. The van der Waals surface area contributed by atoms with Crippen molar-refractivity contribution < 1.29 is 9.53 Å². The summed E-state index contributed by atoms with van der Waals surface area (Å²) in [5.41, 5.74) is 2.63. The molecule has 0 aliphatic carbocycles. The number of anilines is 1. The van der Waals surface area contributed by atoms with Gasteiger partial charge in [-0.25, -0.2) is 0 Å². The molecule has 0 heterocycles. The van der Waals surface area contributed by atoms with Crippen LogP contribution in [0.25, 0.3) is 6.08 Å². The molecule has 0 atom stereocenters. The van der Waals surface area contributed by atoms with Gasteiger partial charge in [-0.15, -0.1) is 0 Å². The Morgan fingerprint density at radius 1 is 1.21 bits per heavy atom. The summed E-state index contributed by atoms with van der Waals surface area (Å²) in [6.45, 7) is 4.78. The van der Waals surface area contributed by atoms with Crippen molar-refractivity contribution in [2.24, 2.45) is 0 Å². The zero-order chi connectivity index (χ0) is 17.4. The second-order valence-electron chi connectivity index (χ2n) is 5.55. The van der Waals surface area contributed by atoms with Crippen molar-refractivity contribution in [3.63, 3.8) is 0 Å². The van der Waals surface area contributed by atoms with Gasteiger partial charge in [-0.2, -0.15) is 0 Å². The molecule has 0 saturated heterocycles. The molecule has 2 aromatic rings. The van der Waals surface area contributed by atoms with Gasteiger partial charge in [0.05, 0.1) is 6.61 Å². The molecule has 0 fully saturated rings. The smallest absolute Gasteiger partial charge is 0.248 e. The topological polar surface area (TPSA) is 38.3 Å². The van der Waals surface area contributed by atoms with Gasteiger partial charge in [0.25, 0.3) is 0 Å². The minimum Gasteiger partial charge on any atom is -0.494 e. The van der Waals surface area contributed by atoms with E-state index in [2.05, 4.69) is 12.2 Å². The minimum atomic E-state index is -0.191. The number of rotatable bonds is 7. The van der Waals surface area contributed by atoms with Crippen LogP contribution in [0.4, 0.5) is 5.69 Å². The van der Waals surface area contributed by atoms with Gasteiger partial charge in [0.1, 0.15) is 5.75 Å². The van der Waals surface area contributed by atoms with E-state index in [4.69, 9.17) is 16.3 Å². The number of halogens is 1. The lowest BCUT2D eigenvalue weighted by Gasteiger charge is -2.07. The summed E-state index contributed by atoms with van der Waals surface area (Å²) in [5.74, 6) is 0.656. The van der Waals surface area contributed by atoms with E-state index in [0.29, 0.717) is 5.02 Å². The van der Waals surface area contributed by atoms with Crippen molar-refractivity contribution in [3.8, 4) is 5.75 Å². The van der Waals surface area contributed by atoms with Crippen LogP contribution in [0.3, 0.4) is 0 Å².